The molecule has 4 bridgehead atoms. The zero-order valence-electron chi connectivity index (χ0n) is 32.9. The molecule has 1 aromatic heterocycles. The Morgan fingerprint density at radius 3 is 2.60 bits per heavy atom. The van der Waals surface area contributed by atoms with Crippen molar-refractivity contribution in [1.29, 1.82) is 0 Å². The fourth-order valence-electron chi connectivity index (χ4n) is 7.82. The molecule has 2 aliphatic carbocycles. The van der Waals surface area contributed by atoms with Crippen molar-refractivity contribution in [2.45, 2.75) is 94.9 Å². The van der Waals surface area contributed by atoms with Crippen molar-refractivity contribution >= 4 is 50.8 Å². The van der Waals surface area contributed by atoms with Gasteiger partial charge < -0.3 is 39.2 Å². The van der Waals surface area contributed by atoms with Crippen LogP contribution < -0.4 is 29.6 Å². The second kappa shape index (κ2) is 15.5. The summed E-state index contributed by atoms with van der Waals surface area (Å²) < 4.78 is 57.5. The number of alkyl carbamates (subject to hydrolysis) is 1. The van der Waals surface area contributed by atoms with Gasteiger partial charge in [0.2, 0.25) is 27.7 Å². The van der Waals surface area contributed by atoms with Crippen LogP contribution in [0.2, 0.25) is 0 Å². The summed E-state index contributed by atoms with van der Waals surface area (Å²) in [7, 11) is -2.36. The van der Waals surface area contributed by atoms with E-state index in [0.717, 1.165) is 5.56 Å². The van der Waals surface area contributed by atoms with Gasteiger partial charge in [0, 0.05) is 41.3 Å². The van der Waals surface area contributed by atoms with E-state index >= 15 is 0 Å². The van der Waals surface area contributed by atoms with Crippen LogP contribution in [0.15, 0.2) is 36.9 Å². The average Bonchev–Trinajstić information content (AvgIpc) is 4.05. The number of methoxy groups -OCH3 is 1. The molecule has 3 N–H and O–H groups in total. The third-order valence-corrected chi connectivity index (χ3v) is 13.1. The van der Waals surface area contributed by atoms with Crippen molar-refractivity contribution < 1.29 is 51.3 Å². The van der Waals surface area contributed by atoms with Crippen molar-refractivity contribution in [1.82, 2.24) is 25.2 Å². The van der Waals surface area contributed by atoms with E-state index in [-0.39, 0.29) is 31.9 Å². The van der Waals surface area contributed by atoms with Gasteiger partial charge in [0.1, 0.15) is 41.3 Å². The minimum absolute atomic E-state index is 0.00645. The Morgan fingerprint density at radius 1 is 1.16 bits per heavy atom. The van der Waals surface area contributed by atoms with Gasteiger partial charge in [-0.15, -0.1) is 6.58 Å². The number of ether oxygens (including phenoxy) is 5. The number of amides is 4. The SMILES string of the molecule is C=C[C@@H]1C[C@]1(NC(=O)[C@@H]1C[C@@H]2CN1C(=O)[C@H](C(C)(C)C)NC(=O)O[C@@H]1COC[C@H]1CC=Cc1cc3c(cc(OCC)nc3cc1OC)O2)C(=O)NS(=O)(=O)C1CC1. The van der Waals surface area contributed by atoms with Gasteiger partial charge in [-0.3, -0.25) is 19.1 Å². The number of carbonyl (C=O) groups is 4. The largest absolute Gasteiger partial charge is 0.496 e. The maximum absolute atomic E-state index is 14.7. The number of sulfonamides is 1. The third kappa shape index (κ3) is 8.26. The Hall–Kier alpha value is -4.90. The van der Waals surface area contributed by atoms with E-state index in [1.165, 1.54) is 11.0 Å². The summed E-state index contributed by atoms with van der Waals surface area (Å²) in [6.45, 7) is 11.8. The number of hydrogen-bond acceptors (Lipinski definition) is 12. The van der Waals surface area contributed by atoms with Gasteiger partial charge in [-0.2, -0.15) is 0 Å². The monoisotopic (exact) mass is 809 g/mol. The Balaban J connectivity index is 1.28. The van der Waals surface area contributed by atoms with Crippen molar-refractivity contribution in [2.75, 3.05) is 33.5 Å². The molecule has 0 unspecified atom stereocenters. The number of rotatable bonds is 9. The lowest BCUT2D eigenvalue weighted by Gasteiger charge is -2.35. The molecule has 16 nitrogen and oxygen atoms in total. The average molecular weight is 810 g/mol. The summed E-state index contributed by atoms with van der Waals surface area (Å²) in [5.74, 6) is -1.56. The molecule has 2 saturated carbocycles. The van der Waals surface area contributed by atoms with Gasteiger partial charge in [-0.25, -0.2) is 18.2 Å². The minimum Gasteiger partial charge on any atom is -0.496 e. The highest BCUT2D eigenvalue weighted by Gasteiger charge is 2.62. The summed E-state index contributed by atoms with van der Waals surface area (Å²) in [4.78, 5) is 62.4. The van der Waals surface area contributed by atoms with Gasteiger partial charge in [-0.05, 0) is 44.1 Å². The highest BCUT2D eigenvalue weighted by atomic mass is 32.2. The molecule has 2 saturated heterocycles. The molecule has 3 aliphatic heterocycles. The fraction of sp³-hybridized carbons (Fsp3) is 0.575. The summed E-state index contributed by atoms with van der Waals surface area (Å²) >= 11 is 0. The highest BCUT2D eigenvalue weighted by Crippen LogP contribution is 2.46. The number of benzene rings is 1. The van der Waals surface area contributed by atoms with Crippen molar-refractivity contribution in [3.05, 3.63) is 42.5 Å². The van der Waals surface area contributed by atoms with Crippen LogP contribution in [0.5, 0.6) is 17.4 Å². The van der Waals surface area contributed by atoms with Crippen LogP contribution >= 0.6 is 0 Å². The molecule has 2 aromatic rings. The van der Waals surface area contributed by atoms with Crippen molar-refractivity contribution in [3.63, 3.8) is 0 Å². The third-order valence-electron chi connectivity index (χ3n) is 11.3. The molecular weight excluding hydrogens is 759 g/mol. The topological polar surface area (TPSA) is 201 Å². The Bertz CT molecular complexity index is 2100. The van der Waals surface area contributed by atoms with E-state index in [1.807, 2.05) is 25.1 Å². The van der Waals surface area contributed by atoms with E-state index < -0.39 is 80.3 Å². The van der Waals surface area contributed by atoms with E-state index in [2.05, 4.69) is 26.9 Å². The van der Waals surface area contributed by atoms with Gasteiger partial charge in [0.05, 0.1) is 44.2 Å². The Morgan fingerprint density at radius 2 is 1.93 bits per heavy atom. The summed E-state index contributed by atoms with van der Waals surface area (Å²) in [6, 6.07) is 3.00. The first-order chi connectivity index (χ1) is 27.1. The Kier molecular flexibility index (Phi) is 10.9. The molecule has 4 heterocycles. The van der Waals surface area contributed by atoms with Gasteiger partial charge >= 0.3 is 6.09 Å². The van der Waals surface area contributed by atoms with Crippen LogP contribution in [-0.4, -0.2) is 111 Å². The number of carbonyl (C=O) groups excluding carboxylic acids is 4. The molecule has 4 fully saturated rings. The highest BCUT2D eigenvalue weighted by molar-refractivity contribution is 7.91. The maximum atomic E-state index is 14.7. The molecule has 4 amide bonds. The van der Waals surface area contributed by atoms with Crippen LogP contribution in [-0.2, 0) is 33.9 Å². The quantitative estimate of drug-likeness (QED) is 0.313. The standard InChI is InChI=1S/C40H51N5O11S/c1-7-24-18-40(24,37(48)44-57(50,51)26-12-13-26)43-35(46)29-15-25-19-45(29)36(47)34(39(3,4)5)42-38(49)56-32-21-53-20-23(32)11-9-10-22-14-27-28(16-30(22)52-6)41-33(54-8-2)17-31(27)55-25/h7,9-10,14,16-17,23-26,29,32,34H,1,8,11-13,15,18-21H2,2-6H3,(H,42,49)(H,43,46)(H,44,48)/t23-,24-,25-,29+,32-,34-,40-/m1/s1. The lowest BCUT2D eigenvalue weighted by Crippen LogP contribution is -2.60. The summed E-state index contributed by atoms with van der Waals surface area (Å²) in [5.41, 5.74) is -1.16. The zero-order chi connectivity index (χ0) is 40.9. The number of hydrogen-bond donors (Lipinski definition) is 3. The molecule has 1 aromatic carbocycles. The summed E-state index contributed by atoms with van der Waals surface area (Å²) in [6.07, 6.45) is 4.77. The normalized spacial score (nSPS) is 29.0. The van der Waals surface area contributed by atoms with Crippen LogP contribution in [0, 0.1) is 17.3 Å². The first kappa shape index (κ1) is 40.3. The second-order valence-electron chi connectivity index (χ2n) is 16.5. The zero-order valence-corrected chi connectivity index (χ0v) is 33.7. The minimum atomic E-state index is -3.92. The number of aromatic nitrogens is 1. The number of allylic oxidation sites excluding steroid dienone is 1. The van der Waals surface area contributed by atoms with Gasteiger partial charge in [0.15, 0.2) is 0 Å². The number of nitrogens with zero attached hydrogens (tertiary/aromatic N) is 2. The van der Waals surface area contributed by atoms with Crippen LogP contribution in [0.1, 0.15) is 65.4 Å². The lowest BCUT2D eigenvalue weighted by molar-refractivity contribution is -0.143. The first-order valence-electron chi connectivity index (χ1n) is 19.4. The molecule has 7 rings (SSSR count). The molecule has 0 radical (unpaired) electrons. The molecule has 7 atom stereocenters. The molecule has 57 heavy (non-hydrogen) atoms. The van der Waals surface area contributed by atoms with Gasteiger partial charge in [-0.1, -0.05) is 39.0 Å². The Labute approximate surface area is 332 Å². The molecule has 5 aliphatic rings. The lowest BCUT2D eigenvalue weighted by atomic mass is 9.85. The molecule has 0 spiro atoms. The van der Waals surface area contributed by atoms with Crippen molar-refractivity contribution in [2.24, 2.45) is 17.3 Å². The summed E-state index contributed by atoms with van der Waals surface area (Å²) in [5, 5.41) is 5.56. The molecular formula is C40H51N5O11S. The van der Waals surface area contributed by atoms with E-state index in [4.69, 9.17) is 23.7 Å². The number of fused-ring (bicyclic) bond motifs is 4. The fourth-order valence-corrected chi connectivity index (χ4v) is 9.18. The molecule has 308 valence electrons. The van der Waals surface area contributed by atoms with E-state index in [0.29, 0.717) is 60.8 Å². The second-order valence-corrected chi connectivity index (χ2v) is 18.5. The van der Waals surface area contributed by atoms with Crippen LogP contribution in [0.4, 0.5) is 4.79 Å². The number of nitrogens with one attached hydrogen (secondary N) is 3. The van der Waals surface area contributed by atoms with E-state index in [1.54, 1.807) is 40.0 Å². The van der Waals surface area contributed by atoms with Crippen LogP contribution in [0.25, 0.3) is 17.0 Å². The predicted octanol–water partition coefficient (Wildman–Crippen LogP) is 3.23. The smallest absolute Gasteiger partial charge is 0.408 e. The maximum Gasteiger partial charge on any atom is 0.408 e. The first-order valence-corrected chi connectivity index (χ1v) is 21.0. The van der Waals surface area contributed by atoms with E-state index in [9.17, 15) is 27.6 Å². The van der Waals surface area contributed by atoms with Crippen molar-refractivity contribution in [3.8, 4) is 17.4 Å². The van der Waals surface area contributed by atoms with Gasteiger partial charge in [0.25, 0.3) is 5.91 Å². The number of pyridine rings is 1. The predicted molar refractivity (Wildman–Crippen MR) is 208 cm³/mol. The molecule has 17 heteroatoms. The van der Waals surface area contributed by atoms with Crippen LogP contribution in [0.3, 0.4) is 0 Å².